The first-order valence-corrected chi connectivity index (χ1v) is 9.40. The summed E-state index contributed by atoms with van der Waals surface area (Å²) in [7, 11) is 0. The summed E-state index contributed by atoms with van der Waals surface area (Å²) < 4.78 is 16.4. The zero-order valence-corrected chi connectivity index (χ0v) is 16.6. The molecule has 27 heavy (non-hydrogen) atoms. The first-order valence-electron chi connectivity index (χ1n) is 9.40. The molecule has 1 aliphatic heterocycles. The van der Waals surface area contributed by atoms with Crippen LogP contribution in [0.4, 0.5) is 4.79 Å². The molecule has 1 aliphatic rings. The zero-order chi connectivity index (χ0) is 19.9. The van der Waals surface area contributed by atoms with Crippen LogP contribution in [0.25, 0.3) is 0 Å². The molecule has 0 bridgehead atoms. The van der Waals surface area contributed by atoms with Crippen LogP contribution >= 0.6 is 0 Å². The molecule has 1 N–H and O–H groups in total. The topological polar surface area (TPSA) is 77.1 Å². The van der Waals surface area contributed by atoms with E-state index < -0.39 is 5.60 Å². The molecule has 2 rings (SSSR count). The van der Waals surface area contributed by atoms with E-state index >= 15 is 0 Å². The van der Waals surface area contributed by atoms with Crippen molar-refractivity contribution in [3.8, 4) is 11.5 Å². The predicted molar refractivity (Wildman–Crippen MR) is 102 cm³/mol. The number of para-hydroxylation sites is 2. The van der Waals surface area contributed by atoms with Crippen molar-refractivity contribution < 1.29 is 23.8 Å². The lowest BCUT2D eigenvalue weighted by Gasteiger charge is -2.33. The minimum absolute atomic E-state index is 0.0296. The third-order valence-electron chi connectivity index (χ3n) is 4.02. The highest BCUT2D eigenvalue weighted by molar-refractivity contribution is 5.78. The van der Waals surface area contributed by atoms with E-state index in [2.05, 4.69) is 5.32 Å². The van der Waals surface area contributed by atoms with Gasteiger partial charge in [-0.05, 0) is 52.7 Å². The van der Waals surface area contributed by atoms with Crippen molar-refractivity contribution in [1.82, 2.24) is 10.2 Å². The third kappa shape index (κ3) is 7.00. The molecule has 1 heterocycles. The van der Waals surface area contributed by atoms with E-state index in [1.165, 1.54) is 0 Å². The van der Waals surface area contributed by atoms with E-state index in [-0.39, 0.29) is 24.6 Å². The van der Waals surface area contributed by atoms with Gasteiger partial charge in [-0.3, -0.25) is 4.79 Å². The Hall–Kier alpha value is -2.44. The molecule has 0 aliphatic carbocycles. The van der Waals surface area contributed by atoms with E-state index in [1.807, 2.05) is 45.9 Å². The van der Waals surface area contributed by atoms with E-state index in [0.29, 0.717) is 44.0 Å². The molecule has 0 radical (unpaired) electrons. The molecule has 1 fully saturated rings. The number of amides is 2. The molecule has 1 aromatic rings. The van der Waals surface area contributed by atoms with Crippen molar-refractivity contribution >= 4 is 12.0 Å². The second kappa shape index (κ2) is 9.48. The summed E-state index contributed by atoms with van der Waals surface area (Å²) in [6.07, 6.45) is 1.09. The second-order valence-electron chi connectivity index (χ2n) is 7.48. The van der Waals surface area contributed by atoms with E-state index in [0.717, 1.165) is 0 Å². The monoisotopic (exact) mass is 378 g/mol. The van der Waals surface area contributed by atoms with Crippen LogP contribution < -0.4 is 14.8 Å². The number of rotatable bonds is 6. The Morgan fingerprint density at radius 3 is 2.26 bits per heavy atom. The molecule has 7 nitrogen and oxygen atoms in total. The fourth-order valence-corrected chi connectivity index (χ4v) is 2.79. The van der Waals surface area contributed by atoms with Crippen LogP contribution in [-0.2, 0) is 9.53 Å². The molecule has 150 valence electrons. The van der Waals surface area contributed by atoms with E-state index in [1.54, 1.807) is 11.0 Å². The maximum atomic E-state index is 12.2. The number of hydrogen-bond donors (Lipinski definition) is 1. The molecule has 1 saturated heterocycles. The lowest BCUT2D eigenvalue weighted by Crippen LogP contribution is -2.48. The number of benzene rings is 1. The average molecular weight is 378 g/mol. The van der Waals surface area contributed by atoms with Gasteiger partial charge in [-0.1, -0.05) is 12.1 Å². The Morgan fingerprint density at radius 1 is 1.11 bits per heavy atom. The van der Waals surface area contributed by atoms with Crippen molar-refractivity contribution in [2.45, 2.75) is 52.2 Å². The highest BCUT2D eigenvalue weighted by atomic mass is 16.6. The molecular weight excluding hydrogens is 348 g/mol. The van der Waals surface area contributed by atoms with Gasteiger partial charge in [-0.25, -0.2) is 4.79 Å². The number of carbonyl (C=O) groups is 2. The van der Waals surface area contributed by atoms with Crippen LogP contribution in [0.5, 0.6) is 11.5 Å². The summed E-state index contributed by atoms with van der Waals surface area (Å²) in [6.45, 7) is 9.03. The van der Waals surface area contributed by atoms with Crippen LogP contribution in [0.1, 0.15) is 40.5 Å². The van der Waals surface area contributed by atoms with Gasteiger partial charge in [0.1, 0.15) is 5.60 Å². The van der Waals surface area contributed by atoms with Gasteiger partial charge >= 0.3 is 6.09 Å². The Balaban J connectivity index is 1.74. The molecule has 0 atom stereocenters. The third-order valence-corrected chi connectivity index (χ3v) is 4.02. The maximum absolute atomic E-state index is 12.2. The summed E-state index contributed by atoms with van der Waals surface area (Å²) in [6, 6.07) is 7.31. The zero-order valence-electron chi connectivity index (χ0n) is 16.6. The van der Waals surface area contributed by atoms with E-state index in [9.17, 15) is 9.59 Å². The Morgan fingerprint density at radius 2 is 1.70 bits per heavy atom. The second-order valence-corrected chi connectivity index (χ2v) is 7.48. The van der Waals surface area contributed by atoms with Crippen molar-refractivity contribution in [3.05, 3.63) is 24.3 Å². The first-order chi connectivity index (χ1) is 12.8. The van der Waals surface area contributed by atoms with Crippen LogP contribution in [0.15, 0.2) is 24.3 Å². The van der Waals surface area contributed by atoms with Crippen LogP contribution in [0.3, 0.4) is 0 Å². The molecule has 2 amide bonds. The molecule has 0 aromatic heterocycles. The molecule has 0 spiro atoms. The van der Waals surface area contributed by atoms with Gasteiger partial charge in [-0.15, -0.1) is 0 Å². The Kier molecular flexibility index (Phi) is 7.33. The number of piperidine rings is 1. The lowest BCUT2D eigenvalue weighted by atomic mass is 10.1. The molecule has 7 heteroatoms. The Bertz CT molecular complexity index is 634. The molecular formula is C20H30N2O5. The van der Waals surface area contributed by atoms with E-state index in [4.69, 9.17) is 14.2 Å². The SMILES string of the molecule is CCOc1ccccc1OCC(=O)NC1CCN(C(=O)OC(C)(C)C)CC1. The highest BCUT2D eigenvalue weighted by Crippen LogP contribution is 2.26. The number of nitrogens with zero attached hydrogens (tertiary/aromatic N) is 1. The van der Waals surface area contributed by atoms with Gasteiger partial charge in [0.2, 0.25) is 0 Å². The summed E-state index contributed by atoms with van der Waals surface area (Å²) >= 11 is 0. The molecule has 0 saturated carbocycles. The lowest BCUT2D eigenvalue weighted by molar-refractivity contribution is -0.124. The van der Waals surface area contributed by atoms with Crippen molar-refractivity contribution in [2.75, 3.05) is 26.3 Å². The minimum atomic E-state index is -0.503. The van der Waals surface area contributed by atoms with Crippen LogP contribution in [0.2, 0.25) is 0 Å². The quantitative estimate of drug-likeness (QED) is 0.823. The first kappa shape index (κ1) is 20.9. The molecule has 0 unspecified atom stereocenters. The summed E-state index contributed by atoms with van der Waals surface area (Å²) in [5.74, 6) is 0.990. The van der Waals surface area contributed by atoms with Gasteiger partial charge in [0.15, 0.2) is 18.1 Å². The van der Waals surface area contributed by atoms with Crippen LogP contribution in [0, 0.1) is 0 Å². The smallest absolute Gasteiger partial charge is 0.410 e. The fraction of sp³-hybridized carbons (Fsp3) is 0.600. The standard InChI is InChI=1S/C20H30N2O5/c1-5-25-16-8-6-7-9-17(16)26-14-18(23)21-15-10-12-22(13-11-15)19(24)27-20(2,3)4/h6-9,15H,5,10-14H2,1-4H3,(H,21,23). The van der Waals surface area contributed by atoms with Gasteiger partial charge in [-0.2, -0.15) is 0 Å². The van der Waals surface area contributed by atoms with Gasteiger partial charge in [0, 0.05) is 19.1 Å². The number of likely N-dealkylation sites (tertiary alicyclic amines) is 1. The number of hydrogen-bond acceptors (Lipinski definition) is 5. The van der Waals surface area contributed by atoms with Crippen molar-refractivity contribution in [2.24, 2.45) is 0 Å². The minimum Gasteiger partial charge on any atom is -0.490 e. The largest absolute Gasteiger partial charge is 0.490 e. The highest BCUT2D eigenvalue weighted by Gasteiger charge is 2.27. The van der Waals surface area contributed by atoms with Crippen molar-refractivity contribution in [3.63, 3.8) is 0 Å². The van der Waals surface area contributed by atoms with Crippen molar-refractivity contribution in [1.29, 1.82) is 0 Å². The van der Waals surface area contributed by atoms with Gasteiger partial charge in [0.05, 0.1) is 6.61 Å². The average Bonchev–Trinajstić information content (AvgIpc) is 2.60. The van der Waals surface area contributed by atoms with Gasteiger partial charge in [0.25, 0.3) is 5.91 Å². The Labute approximate surface area is 161 Å². The van der Waals surface area contributed by atoms with Gasteiger partial charge < -0.3 is 24.4 Å². The summed E-state index contributed by atoms with van der Waals surface area (Å²) in [5.41, 5.74) is -0.503. The number of carbonyl (C=O) groups excluding carboxylic acids is 2. The normalized spacial score (nSPS) is 15.2. The summed E-state index contributed by atoms with van der Waals surface area (Å²) in [4.78, 5) is 25.9. The summed E-state index contributed by atoms with van der Waals surface area (Å²) in [5, 5.41) is 2.96. The maximum Gasteiger partial charge on any atom is 0.410 e. The number of ether oxygens (including phenoxy) is 3. The number of nitrogens with one attached hydrogen (secondary N) is 1. The molecule has 1 aromatic carbocycles. The van der Waals surface area contributed by atoms with Crippen LogP contribution in [-0.4, -0.2) is 54.8 Å². The fourth-order valence-electron chi connectivity index (χ4n) is 2.79. The predicted octanol–water partition coefficient (Wildman–Crippen LogP) is 2.98.